The predicted molar refractivity (Wildman–Crippen MR) is 61.7 cm³/mol. The highest BCUT2D eigenvalue weighted by atomic mass is 32.2. The van der Waals surface area contributed by atoms with Gasteiger partial charge in [0.25, 0.3) is 0 Å². The zero-order chi connectivity index (χ0) is 11.7. The van der Waals surface area contributed by atoms with E-state index in [0.29, 0.717) is 18.3 Å². The van der Waals surface area contributed by atoms with E-state index in [1.165, 1.54) is 16.7 Å². The van der Waals surface area contributed by atoms with Crippen molar-refractivity contribution in [3.8, 4) is 6.19 Å². The van der Waals surface area contributed by atoms with Crippen LogP contribution < -0.4 is 10.6 Å². The lowest BCUT2D eigenvalue weighted by Gasteiger charge is -2.10. The van der Waals surface area contributed by atoms with E-state index in [4.69, 9.17) is 5.26 Å². The van der Waals surface area contributed by atoms with Crippen LogP contribution in [0.25, 0.3) is 0 Å². The molecule has 0 bridgehead atoms. The van der Waals surface area contributed by atoms with Crippen LogP contribution in [0.4, 0.5) is 4.79 Å². The quantitative estimate of drug-likeness (QED) is 0.235. The summed E-state index contributed by atoms with van der Waals surface area (Å²) in [6.07, 6.45) is 3.61. The van der Waals surface area contributed by atoms with Gasteiger partial charge in [-0.3, -0.25) is 10.3 Å². The highest BCUT2D eigenvalue weighted by Gasteiger charge is 2.00. The van der Waals surface area contributed by atoms with E-state index in [1.54, 1.807) is 20.3 Å². The summed E-state index contributed by atoms with van der Waals surface area (Å²) in [4.78, 5) is 16.6. The number of hydrogen-bond acceptors (Lipinski definition) is 4. The molecule has 84 valence electrons. The lowest BCUT2D eigenvalue weighted by atomic mass is 10.6. The monoisotopic (exact) mass is 229 g/mol. The van der Waals surface area contributed by atoms with Gasteiger partial charge in [-0.2, -0.15) is 5.26 Å². The molecule has 2 N–H and O–H groups in total. The molecule has 0 unspecified atom stereocenters. The zero-order valence-electron chi connectivity index (χ0n) is 9.07. The molecule has 0 aliphatic carbocycles. The summed E-state index contributed by atoms with van der Waals surface area (Å²) in [7, 11) is 3.34. The lowest BCUT2D eigenvalue weighted by molar-refractivity contribution is 0.218. The van der Waals surface area contributed by atoms with Gasteiger partial charge in [0.05, 0.1) is 6.54 Å². The van der Waals surface area contributed by atoms with Crippen molar-refractivity contribution in [1.29, 1.82) is 5.26 Å². The maximum absolute atomic E-state index is 11.1. The average molecular weight is 229 g/mol. The normalized spacial score (nSPS) is 10.4. The molecule has 0 saturated heterocycles. The Labute approximate surface area is 93.7 Å². The smallest absolute Gasteiger partial charge is 0.316 e. The van der Waals surface area contributed by atoms with Gasteiger partial charge in [0, 0.05) is 20.6 Å². The van der Waals surface area contributed by atoms with Gasteiger partial charge in [-0.05, 0) is 6.26 Å². The third-order valence-corrected chi connectivity index (χ3v) is 2.02. The van der Waals surface area contributed by atoms with Crippen LogP contribution in [0.2, 0.25) is 0 Å². The summed E-state index contributed by atoms with van der Waals surface area (Å²) < 4.78 is 0. The minimum Gasteiger partial charge on any atom is -0.336 e. The molecule has 7 heteroatoms. The molecule has 0 fully saturated rings. The minimum absolute atomic E-state index is 0.149. The summed E-state index contributed by atoms with van der Waals surface area (Å²) >= 11 is 1.35. The number of carbonyl (C=O) groups excluding carboxylic acids is 1. The summed E-state index contributed by atoms with van der Waals surface area (Å²) in [5.41, 5.74) is 0. The van der Waals surface area contributed by atoms with Crippen LogP contribution in [0.15, 0.2) is 4.99 Å². The first-order valence-corrected chi connectivity index (χ1v) is 5.53. The second kappa shape index (κ2) is 7.94. The Bertz CT molecular complexity index is 271. The van der Waals surface area contributed by atoms with Crippen LogP contribution in [0.1, 0.15) is 0 Å². The number of amides is 2. The van der Waals surface area contributed by atoms with Crippen molar-refractivity contribution in [3.05, 3.63) is 0 Å². The van der Waals surface area contributed by atoms with Crippen molar-refractivity contribution < 1.29 is 4.79 Å². The molecule has 0 aromatic rings. The van der Waals surface area contributed by atoms with E-state index in [0.717, 1.165) is 0 Å². The number of carbonyl (C=O) groups is 1. The molecule has 0 aliphatic rings. The summed E-state index contributed by atoms with van der Waals surface area (Å²) in [6.45, 7) is 0.901. The maximum atomic E-state index is 11.1. The molecular weight excluding hydrogens is 214 g/mol. The van der Waals surface area contributed by atoms with Crippen LogP contribution >= 0.6 is 11.8 Å². The van der Waals surface area contributed by atoms with Crippen molar-refractivity contribution >= 4 is 23.0 Å². The number of nitriles is 1. The highest BCUT2D eigenvalue weighted by molar-refractivity contribution is 8.13. The highest BCUT2D eigenvalue weighted by Crippen LogP contribution is 1.93. The molecule has 0 aliphatic heterocycles. The SMILES string of the molecule is CSC(=NCCNC(=O)N(C)C)NC#N. The van der Waals surface area contributed by atoms with E-state index < -0.39 is 0 Å². The fourth-order valence-corrected chi connectivity index (χ4v) is 1.05. The molecule has 0 rings (SSSR count). The topological polar surface area (TPSA) is 80.5 Å². The van der Waals surface area contributed by atoms with Gasteiger partial charge in [0.2, 0.25) is 0 Å². The number of thioether (sulfide) groups is 1. The Morgan fingerprint density at radius 2 is 2.27 bits per heavy atom. The molecule has 0 radical (unpaired) electrons. The Hall–Kier alpha value is -1.42. The molecule has 2 amide bonds. The van der Waals surface area contributed by atoms with Crippen molar-refractivity contribution in [2.24, 2.45) is 4.99 Å². The summed E-state index contributed by atoms with van der Waals surface area (Å²) in [5, 5.41) is 14.0. The molecular formula is C8H15N5OS. The standard InChI is InChI=1S/C8H15N5OS/c1-13(2)8(14)11-5-4-10-7(15-3)12-6-9/h4-5H2,1-3H3,(H,10,12)(H,11,14). The Balaban J connectivity index is 3.77. The Kier molecular flexibility index (Phi) is 7.18. The van der Waals surface area contributed by atoms with Crippen LogP contribution in [0, 0.1) is 11.5 Å². The van der Waals surface area contributed by atoms with E-state index in [1.807, 2.05) is 6.26 Å². The first kappa shape index (κ1) is 13.6. The van der Waals surface area contributed by atoms with E-state index >= 15 is 0 Å². The van der Waals surface area contributed by atoms with Gasteiger partial charge in [-0.15, -0.1) is 0 Å². The number of aliphatic imine (C=N–C) groups is 1. The van der Waals surface area contributed by atoms with Crippen molar-refractivity contribution in [2.45, 2.75) is 0 Å². The van der Waals surface area contributed by atoms with Gasteiger partial charge in [0.1, 0.15) is 0 Å². The maximum Gasteiger partial charge on any atom is 0.316 e. The molecule has 0 atom stereocenters. The number of nitrogens with zero attached hydrogens (tertiary/aromatic N) is 3. The largest absolute Gasteiger partial charge is 0.336 e. The van der Waals surface area contributed by atoms with Crippen molar-refractivity contribution in [2.75, 3.05) is 33.4 Å². The number of hydrogen-bond donors (Lipinski definition) is 2. The predicted octanol–water partition coefficient (Wildman–Crippen LogP) is 0.0473. The molecule has 0 aromatic carbocycles. The third kappa shape index (κ3) is 6.62. The second-order valence-electron chi connectivity index (χ2n) is 2.75. The van der Waals surface area contributed by atoms with Crippen molar-refractivity contribution in [1.82, 2.24) is 15.5 Å². The van der Waals surface area contributed by atoms with Gasteiger partial charge in [0.15, 0.2) is 11.4 Å². The lowest BCUT2D eigenvalue weighted by Crippen LogP contribution is -2.36. The Morgan fingerprint density at radius 1 is 1.60 bits per heavy atom. The first-order chi connectivity index (χ1) is 7.11. The second-order valence-corrected chi connectivity index (χ2v) is 3.55. The molecule has 0 heterocycles. The molecule has 6 nitrogen and oxygen atoms in total. The summed E-state index contributed by atoms with van der Waals surface area (Å²) in [6, 6.07) is -0.149. The van der Waals surface area contributed by atoms with Crippen molar-refractivity contribution in [3.63, 3.8) is 0 Å². The van der Waals surface area contributed by atoms with Gasteiger partial charge in [-0.25, -0.2) is 4.79 Å². The van der Waals surface area contributed by atoms with Gasteiger partial charge >= 0.3 is 6.03 Å². The van der Waals surface area contributed by atoms with Crippen LogP contribution in [0.3, 0.4) is 0 Å². The molecule has 15 heavy (non-hydrogen) atoms. The zero-order valence-corrected chi connectivity index (χ0v) is 9.89. The van der Waals surface area contributed by atoms with E-state index in [2.05, 4.69) is 15.6 Å². The molecule has 0 saturated carbocycles. The number of urea groups is 1. The van der Waals surface area contributed by atoms with Crippen LogP contribution in [-0.4, -0.2) is 49.5 Å². The van der Waals surface area contributed by atoms with Crippen LogP contribution in [-0.2, 0) is 0 Å². The van der Waals surface area contributed by atoms with Crippen LogP contribution in [0.5, 0.6) is 0 Å². The number of rotatable bonds is 3. The first-order valence-electron chi connectivity index (χ1n) is 4.30. The fraction of sp³-hybridized carbons (Fsp3) is 0.625. The Morgan fingerprint density at radius 3 is 2.73 bits per heavy atom. The van der Waals surface area contributed by atoms with E-state index in [-0.39, 0.29) is 6.03 Å². The van der Waals surface area contributed by atoms with Gasteiger partial charge in [-0.1, -0.05) is 11.8 Å². The molecule has 0 spiro atoms. The molecule has 0 aromatic heterocycles. The van der Waals surface area contributed by atoms with E-state index in [9.17, 15) is 4.79 Å². The van der Waals surface area contributed by atoms with Gasteiger partial charge < -0.3 is 10.2 Å². The average Bonchev–Trinajstić information content (AvgIpc) is 2.22. The number of nitrogens with one attached hydrogen (secondary N) is 2. The minimum atomic E-state index is -0.149. The third-order valence-electron chi connectivity index (χ3n) is 1.41. The number of amidine groups is 1. The fourth-order valence-electron chi connectivity index (χ4n) is 0.681. The summed E-state index contributed by atoms with van der Waals surface area (Å²) in [5.74, 6) is 0.